The standard InChI is InChI=1S/C25H31BrN2O2/c1-16-11-9-10-14-19(16)20-15-21(18-12-7-6-8-13-18)28(27-17(2)29)24(30)23(26)22(20)25(3,4)5/h6-14,20-23H,15H2,1-5H3,(H,27,29). The Bertz CT molecular complexity index is 907. The summed E-state index contributed by atoms with van der Waals surface area (Å²) in [6.07, 6.45) is 0.727. The number of alkyl halides is 1. The first kappa shape index (κ1) is 22.5. The molecule has 2 aromatic carbocycles. The number of hydrogen-bond donors (Lipinski definition) is 1. The lowest BCUT2D eigenvalue weighted by molar-refractivity contribution is -0.143. The van der Waals surface area contributed by atoms with Crippen LogP contribution in [0.2, 0.25) is 0 Å². The third-order valence-electron chi connectivity index (χ3n) is 6.06. The van der Waals surface area contributed by atoms with Gasteiger partial charge in [-0.05, 0) is 47.3 Å². The van der Waals surface area contributed by atoms with Crippen molar-refractivity contribution in [3.63, 3.8) is 0 Å². The van der Waals surface area contributed by atoms with Crippen LogP contribution in [0.1, 0.15) is 62.8 Å². The number of benzene rings is 2. The summed E-state index contributed by atoms with van der Waals surface area (Å²) in [5.41, 5.74) is 6.21. The van der Waals surface area contributed by atoms with Crippen molar-refractivity contribution in [2.45, 2.75) is 57.8 Å². The molecule has 1 saturated heterocycles. The Labute approximate surface area is 188 Å². The second-order valence-electron chi connectivity index (χ2n) is 9.30. The van der Waals surface area contributed by atoms with Crippen molar-refractivity contribution in [3.05, 3.63) is 71.3 Å². The maximum absolute atomic E-state index is 13.6. The molecule has 1 heterocycles. The minimum absolute atomic E-state index is 0.0519. The van der Waals surface area contributed by atoms with Gasteiger partial charge in [0.15, 0.2) is 0 Å². The van der Waals surface area contributed by atoms with E-state index >= 15 is 0 Å². The van der Waals surface area contributed by atoms with Crippen LogP contribution in [0.3, 0.4) is 0 Å². The number of rotatable bonds is 3. The fraction of sp³-hybridized carbons (Fsp3) is 0.440. The van der Waals surface area contributed by atoms with Gasteiger partial charge in [-0.1, -0.05) is 91.3 Å². The van der Waals surface area contributed by atoms with Crippen molar-refractivity contribution in [1.82, 2.24) is 10.4 Å². The first-order chi connectivity index (χ1) is 14.1. The molecule has 3 rings (SSSR count). The third-order valence-corrected chi connectivity index (χ3v) is 7.02. The maximum atomic E-state index is 13.6. The second-order valence-corrected chi connectivity index (χ2v) is 10.3. The highest BCUT2D eigenvalue weighted by molar-refractivity contribution is 9.10. The number of hydrogen-bond acceptors (Lipinski definition) is 2. The molecule has 2 amide bonds. The van der Waals surface area contributed by atoms with E-state index in [9.17, 15) is 9.59 Å². The molecule has 0 aliphatic carbocycles. The average molecular weight is 471 g/mol. The molecule has 4 unspecified atom stereocenters. The molecule has 2 aromatic rings. The van der Waals surface area contributed by atoms with Crippen LogP contribution < -0.4 is 5.43 Å². The van der Waals surface area contributed by atoms with Crippen molar-refractivity contribution in [1.29, 1.82) is 0 Å². The van der Waals surface area contributed by atoms with E-state index in [0.29, 0.717) is 0 Å². The fourth-order valence-corrected chi connectivity index (χ4v) is 6.15. The van der Waals surface area contributed by atoms with Crippen molar-refractivity contribution < 1.29 is 9.59 Å². The van der Waals surface area contributed by atoms with Crippen LogP contribution in [-0.4, -0.2) is 21.7 Å². The van der Waals surface area contributed by atoms with Crippen LogP contribution in [0.25, 0.3) is 0 Å². The van der Waals surface area contributed by atoms with Gasteiger partial charge in [-0.2, -0.15) is 0 Å². The minimum Gasteiger partial charge on any atom is -0.274 e. The summed E-state index contributed by atoms with van der Waals surface area (Å²) < 4.78 is 0. The number of amides is 2. The highest BCUT2D eigenvalue weighted by Crippen LogP contribution is 2.50. The Morgan fingerprint density at radius 2 is 1.67 bits per heavy atom. The third kappa shape index (κ3) is 4.61. The van der Waals surface area contributed by atoms with Gasteiger partial charge in [0.2, 0.25) is 5.91 Å². The van der Waals surface area contributed by atoms with Crippen LogP contribution >= 0.6 is 15.9 Å². The summed E-state index contributed by atoms with van der Waals surface area (Å²) in [7, 11) is 0. The van der Waals surface area contributed by atoms with E-state index in [1.165, 1.54) is 18.1 Å². The first-order valence-corrected chi connectivity index (χ1v) is 11.4. The highest BCUT2D eigenvalue weighted by Gasteiger charge is 2.48. The summed E-state index contributed by atoms with van der Waals surface area (Å²) >= 11 is 3.76. The van der Waals surface area contributed by atoms with Crippen LogP contribution in [-0.2, 0) is 9.59 Å². The van der Waals surface area contributed by atoms with Crippen LogP contribution in [0, 0.1) is 18.3 Å². The molecule has 4 atom stereocenters. The van der Waals surface area contributed by atoms with E-state index in [0.717, 1.165) is 12.0 Å². The largest absolute Gasteiger partial charge is 0.274 e. The fourth-order valence-electron chi connectivity index (χ4n) is 4.77. The van der Waals surface area contributed by atoms with Gasteiger partial charge in [-0.25, -0.2) is 5.01 Å². The quantitative estimate of drug-likeness (QED) is 0.599. The molecule has 1 N–H and O–H groups in total. The molecule has 0 bridgehead atoms. The van der Waals surface area contributed by atoms with Crippen LogP contribution in [0.4, 0.5) is 0 Å². The van der Waals surface area contributed by atoms with Gasteiger partial charge in [0, 0.05) is 6.92 Å². The highest BCUT2D eigenvalue weighted by atomic mass is 79.9. The van der Waals surface area contributed by atoms with E-state index in [-0.39, 0.29) is 35.1 Å². The van der Waals surface area contributed by atoms with Gasteiger partial charge < -0.3 is 0 Å². The van der Waals surface area contributed by atoms with Crippen LogP contribution in [0.15, 0.2) is 54.6 Å². The zero-order valence-electron chi connectivity index (χ0n) is 18.4. The van der Waals surface area contributed by atoms with Gasteiger partial charge in [0.1, 0.15) is 0 Å². The molecule has 1 fully saturated rings. The van der Waals surface area contributed by atoms with Crippen LogP contribution in [0.5, 0.6) is 0 Å². The van der Waals surface area contributed by atoms with E-state index in [1.54, 1.807) is 5.01 Å². The molecule has 5 heteroatoms. The number of nitrogens with one attached hydrogen (secondary N) is 1. The summed E-state index contributed by atoms with van der Waals surface area (Å²) in [6, 6.07) is 18.2. The lowest BCUT2D eigenvalue weighted by atomic mass is 9.67. The molecule has 0 saturated carbocycles. The zero-order valence-corrected chi connectivity index (χ0v) is 19.9. The Kier molecular flexibility index (Phi) is 6.71. The van der Waals surface area contributed by atoms with E-state index < -0.39 is 4.83 Å². The van der Waals surface area contributed by atoms with Crippen molar-refractivity contribution in [2.24, 2.45) is 11.3 Å². The normalized spacial score (nSPS) is 25.0. The lowest BCUT2D eigenvalue weighted by Gasteiger charge is -2.39. The van der Waals surface area contributed by atoms with Gasteiger partial charge in [0.25, 0.3) is 5.91 Å². The zero-order chi connectivity index (χ0) is 22.1. The first-order valence-electron chi connectivity index (χ1n) is 10.5. The molecule has 0 aromatic heterocycles. The lowest BCUT2D eigenvalue weighted by Crippen LogP contribution is -2.50. The maximum Gasteiger partial charge on any atom is 0.255 e. The molecule has 4 nitrogen and oxygen atoms in total. The monoisotopic (exact) mass is 470 g/mol. The Morgan fingerprint density at radius 3 is 2.23 bits per heavy atom. The molecule has 160 valence electrons. The number of hydrazine groups is 1. The smallest absolute Gasteiger partial charge is 0.255 e. The van der Waals surface area contributed by atoms with Gasteiger partial charge in [-0.15, -0.1) is 0 Å². The van der Waals surface area contributed by atoms with Gasteiger partial charge in [-0.3, -0.25) is 15.0 Å². The van der Waals surface area contributed by atoms with Crippen molar-refractivity contribution in [3.8, 4) is 0 Å². The number of nitrogens with zero attached hydrogens (tertiary/aromatic N) is 1. The molecular weight excluding hydrogens is 440 g/mol. The number of carbonyl (C=O) groups excluding carboxylic acids is 2. The van der Waals surface area contributed by atoms with E-state index in [2.05, 4.69) is 73.3 Å². The SMILES string of the molecule is CC(=O)NN1C(=O)C(Br)C(C(C)(C)C)C(c2ccccc2C)CC1c1ccccc1. The number of halogens is 1. The van der Waals surface area contributed by atoms with E-state index in [1.807, 2.05) is 30.3 Å². The second kappa shape index (κ2) is 8.93. The average Bonchev–Trinajstić information content (AvgIpc) is 2.78. The summed E-state index contributed by atoms with van der Waals surface area (Å²) in [5, 5.41) is 1.55. The van der Waals surface area contributed by atoms with Gasteiger partial charge in [0.05, 0.1) is 10.9 Å². The topological polar surface area (TPSA) is 49.4 Å². The molecule has 1 aliphatic rings. The molecule has 0 radical (unpaired) electrons. The number of aryl methyl sites for hydroxylation is 1. The Morgan fingerprint density at radius 1 is 1.07 bits per heavy atom. The molecule has 30 heavy (non-hydrogen) atoms. The number of carbonyl (C=O) groups is 2. The summed E-state index contributed by atoms with van der Waals surface area (Å²) in [5.74, 6) is -0.153. The van der Waals surface area contributed by atoms with E-state index in [4.69, 9.17) is 0 Å². The Hall–Kier alpha value is -2.14. The minimum atomic E-state index is -0.414. The Balaban J connectivity index is 2.20. The van der Waals surface area contributed by atoms with Gasteiger partial charge >= 0.3 is 0 Å². The van der Waals surface area contributed by atoms with Crippen molar-refractivity contribution >= 4 is 27.7 Å². The summed E-state index contributed by atoms with van der Waals surface area (Å²) in [4.78, 5) is 25.3. The molecule has 1 aliphatic heterocycles. The van der Waals surface area contributed by atoms with Crippen molar-refractivity contribution in [2.75, 3.05) is 0 Å². The summed E-state index contributed by atoms with van der Waals surface area (Å²) in [6.45, 7) is 10.2. The molecule has 0 spiro atoms. The predicted octanol–water partition coefficient (Wildman–Crippen LogP) is 5.53. The molecular formula is C25H31BrN2O2. The predicted molar refractivity (Wildman–Crippen MR) is 124 cm³/mol.